The smallest absolute Gasteiger partial charge is 0.173 e. The highest BCUT2D eigenvalue weighted by Gasteiger charge is 2.32. The Labute approximate surface area is 117 Å². The van der Waals surface area contributed by atoms with E-state index in [0.717, 1.165) is 12.8 Å². The zero-order valence-corrected chi connectivity index (χ0v) is 11.6. The van der Waals surface area contributed by atoms with Gasteiger partial charge in [0, 0.05) is 18.6 Å². The standard InChI is InChI=1S/C13H16ClFO2S/c14-10-2-1-3-11(15)12(10)17-8-13(9-18)4-6-16-7-5-13/h1-3,18H,4-9H2. The van der Waals surface area contributed by atoms with Gasteiger partial charge in [0.1, 0.15) is 0 Å². The first-order valence-corrected chi connectivity index (χ1v) is 6.93. The third-order valence-corrected chi connectivity index (χ3v) is 4.30. The van der Waals surface area contributed by atoms with E-state index in [0.29, 0.717) is 30.6 Å². The second-order valence-corrected chi connectivity index (χ2v) is 5.33. The molecule has 1 aliphatic rings. The molecule has 0 radical (unpaired) electrons. The number of hydrogen-bond acceptors (Lipinski definition) is 3. The molecule has 1 saturated heterocycles. The first-order valence-electron chi connectivity index (χ1n) is 5.92. The Balaban J connectivity index is 2.05. The van der Waals surface area contributed by atoms with Gasteiger partial charge in [-0.25, -0.2) is 4.39 Å². The number of thiol groups is 1. The fourth-order valence-electron chi connectivity index (χ4n) is 2.00. The van der Waals surface area contributed by atoms with Crippen LogP contribution in [-0.2, 0) is 4.74 Å². The molecule has 0 atom stereocenters. The topological polar surface area (TPSA) is 18.5 Å². The van der Waals surface area contributed by atoms with Gasteiger partial charge in [-0.3, -0.25) is 0 Å². The van der Waals surface area contributed by atoms with Crippen LogP contribution in [0.1, 0.15) is 12.8 Å². The van der Waals surface area contributed by atoms with Gasteiger partial charge >= 0.3 is 0 Å². The summed E-state index contributed by atoms with van der Waals surface area (Å²) >= 11 is 10.3. The van der Waals surface area contributed by atoms with Crippen LogP contribution in [-0.4, -0.2) is 25.6 Å². The molecule has 0 aliphatic carbocycles. The van der Waals surface area contributed by atoms with Gasteiger partial charge in [0.05, 0.1) is 11.6 Å². The maximum atomic E-state index is 13.6. The van der Waals surface area contributed by atoms with Gasteiger partial charge in [-0.15, -0.1) is 0 Å². The number of ether oxygens (including phenoxy) is 2. The first kappa shape index (κ1) is 14.0. The third-order valence-electron chi connectivity index (χ3n) is 3.33. The van der Waals surface area contributed by atoms with E-state index in [1.807, 2.05) is 0 Å². The summed E-state index contributed by atoms with van der Waals surface area (Å²) in [5.41, 5.74) is -0.0486. The fourth-order valence-corrected chi connectivity index (χ4v) is 2.62. The summed E-state index contributed by atoms with van der Waals surface area (Å²) in [4.78, 5) is 0. The molecule has 1 heterocycles. The second-order valence-electron chi connectivity index (χ2n) is 4.61. The van der Waals surface area contributed by atoms with Crippen LogP contribution in [0, 0.1) is 11.2 Å². The molecule has 0 amide bonds. The number of halogens is 2. The predicted molar refractivity (Wildman–Crippen MR) is 73.2 cm³/mol. The van der Waals surface area contributed by atoms with E-state index < -0.39 is 5.82 Å². The Morgan fingerprint density at radius 3 is 2.72 bits per heavy atom. The lowest BCUT2D eigenvalue weighted by Gasteiger charge is -2.35. The van der Waals surface area contributed by atoms with Gasteiger partial charge in [0.25, 0.3) is 0 Å². The Bertz CT molecular complexity index is 388. The minimum atomic E-state index is -0.427. The van der Waals surface area contributed by atoms with Crippen molar-refractivity contribution < 1.29 is 13.9 Å². The van der Waals surface area contributed by atoms with Crippen molar-refractivity contribution in [3.8, 4) is 5.75 Å². The zero-order valence-electron chi connectivity index (χ0n) is 9.99. The van der Waals surface area contributed by atoms with Crippen molar-refractivity contribution in [2.75, 3.05) is 25.6 Å². The van der Waals surface area contributed by atoms with Crippen LogP contribution < -0.4 is 4.74 Å². The maximum absolute atomic E-state index is 13.6. The minimum Gasteiger partial charge on any atom is -0.488 e. The highest BCUT2D eigenvalue weighted by Crippen LogP contribution is 2.34. The molecule has 0 N–H and O–H groups in total. The van der Waals surface area contributed by atoms with Crippen LogP contribution in [0.3, 0.4) is 0 Å². The molecule has 100 valence electrons. The van der Waals surface area contributed by atoms with Crippen molar-refractivity contribution in [3.63, 3.8) is 0 Å². The van der Waals surface area contributed by atoms with E-state index >= 15 is 0 Å². The summed E-state index contributed by atoms with van der Waals surface area (Å²) in [6.07, 6.45) is 1.76. The molecule has 5 heteroatoms. The molecule has 0 unspecified atom stereocenters. The quantitative estimate of drug-likeness (QED) is 0.855. The lowest BCUT2D eigenvalue weighted by Crippen LogP contribution is -2.37. The molecule has 1 aromatic rings. The largest absolute Gasteiger partial charge is 0.488 e. The molecule has 18 heavy (non-hydrogen) atoms. The molecule has 0 bridgehead atoms. The molecule has 2 nitrogen and oxygen atoms in total. The average molecular weight is 291 g/mol. The van der Waals surface area contributed by atoms with Crippen LogP contribution in [0.15, 0.2) is 18.2 Å². The lowest BCUT2D eigenvalue weighted by atomic mass is 9.83. The van der Waals surface area contributed by atoms with Crippen LogP contribution in [0.2, 0.25) is 5.02 Å². The van der Waals surface area contributed by atoms with Crippen LogP contribution in [0.4, 0.5) is 4.39 Å². The van der Waals surface area contributed by atoms with Crippen LogP contribution >= 0.6 is 24.2 Å². The SMILES string of the molecule is Fc1cccc(Cl)c1OCC1(CS)CCOCC1. The Hall–Kier alpha value is -0.450. The minimum absolute atomic E-state index is 0.0486. The van der Waals surface area contributed by atoms with Crippen molar-refractivity contribution in [2.45, 2.75) is 12.8 Å². The monoisotopic (exact) mass is 290 g/mol. The molecule has 1 aliphatic heterocycles. The van der Waals surface area contributed by atoms with E-state index in [1.54, 1.807) is 12.1 Å². The average Bonchev–Trinajstić information content (AvgIpc) is 2.39. The van der Waals surface area contributed by atoms with Gasteiger partial charge < -0.3 is 9.47 Å². The molecule has 0 aromatic heterocycles. The molecule has 1 fully saturated rings. The van der Waals surface area contributed by atoms with Gasteiger partial charge in [-0.2, -0.15) is 12.6 Å². The van der Waals surface area contributed by atoms with Crippen LogP contribution in [0.5, 0.6) is 5.75 Å². The van der Waals surface area contributed by atoms with Gasteiger partial charge in [-0.1, -0.05) is 17.7 Å². The Kier molecular flexibility index (Phi) is 4.76. The van der Waals surface area contributed by atoms with E-state index in [1.165, 1.54) is 6.07 Å². The summed E-state index contributed by atoms with van der Waals surface area (Å²) in [5.74, 6) is 0.401. The number of benzene rings is 1. The van der Waals surface area contributed by atoms with Crippen molar-refractivity contribution in [1.29, 1.82) is 0 Å². The molecule has 2 rings (SSSR count). The van der Waals surface area contributed by atoms with Crippen molar-refractivity contribution in [1.82, 2.24) is 0 Å². The third kappa shape index (κ3) is 3.11. The molecule has 1 aromatic carbocycles. The lowest BCUT2D eigenvalue weighted by molar-refractivity contribution is 0.00248. The second kappa shape index (κ2) is 6.13. The van der Waals surface area contributed by atoms with Crippen molar-refractivity contribution in [3.05, 3.63) is 29.0 Å². The molecular weight excluding hydrogens is 275 g/mol. The molecule has 0 spiro atoms. The van der Waals surface area contributed by atoms with Crippen molar-refractivity contribution >= 4 is 24.2 Å². The predicted octanol–water partition coefficient (Wildman–Crippen LogP) is 3.58. The summed E-state index contributed by atoms with van der Waals surface area (Å²) in [7, 11) is 0. The maximum Gasteiger partial charge on any atom is 0.173 e. The van der Waals surface area contributed by atoms with E-state index in [9.17, 15) is 4.39 Å². The Morgan fingerprint density at radius 1 is 1.39 bits per heavy atom. The normalized spacial score (nSPS) is 18.6. The molecular formula is C13H16ClFO2S. The summed E-state index contributed by atoms with van der Waals surface area (Å²) in [5, 5.41) is 0.302. The highest BCUT2D eigenvalue weighted by atomic mass is 35.5. The Morgan fingerprint density at radius 2 is 2.11 bits per heavy atom. The zero-order chi connectivity index (χ0) is 13.0. The summed E-state index contributed by atoms with van der Waals surface area (Å²) in [6.45, 7) is 1.82. The van der Waals surface area contributed by atoms with Gasteiger partial charge in [-0.05, 0) is 30.7 Å². The highest BCUT2D eigenvalue weighted by molar-refractivity contribution is 7.80. The first-order chi connectivity index (χ1) is 8.67. The van der Waals surface area contributed by atoms with E-state index in [2.05, 4.69) is 12.6 Å². The fraction of sp³-hybridized carbons (Fsp3) is 0.538. The molecule has 0 saturated carbocycles. The number of para-hydroxylation sites is 1. The van der Waals surface area contributed by atoms with Gasteiger partial charge in [0.15, 0.2) is 11.6 Å². The van der Waals surface area contributed by atoms with Gasteiger partial charge in [0.2, 0.25) is 0 Å². The van der Waals surface area contributed by atoms with E-state index in [-0.39, 0.29) is 11.2 Å². The number of rotatable bonds is 4. The summed E-state index contributed by atoms with van der Waals surface area (Å²) < 4.78 is 24.5. The summed E-state index contributed by atoms with van der Waals surface area (Å²) in [6, 6.07) is 4.53. The van der Waals surface area contributed by atoms with Crippen molar-refractivity contribution in [2.24, 2.45) is 5.41 Å². The number of hydrogen-bond donors (Lipinski definition) is 1. The van der Waals surface area contributed by atoms with Crippen LogP contribution in [0.25, 0.3) is 0 Å². The van der Waals surface area contributed by atoms with E-state index in [4.69, 9.17) is 21.1 Å².